The van der Waals surface area contributed by atoms with E-state index in [-0.39, 0.29) is 5.69 Å². The minimum absolute atomic E-state index is 0.0621. The maximum absolute atomic E-state index is 11.2. The maximum Gasteiger partial charge on any atom is 0.345 e. The van der Waals surface area contributed by atoms with Gasteiger partial charge in [-0.25, -0.2) is 9.48 Å². The lowest BCUT2D eigenvalue weighted by Gasteiger charge is -1.99. The van der Waals surface area contributed by atoms with Crippen molar-refractivity contribution in [1.82, 2.24) is 19.7 Å². The van der Waals surface area contributed by atoms with E-state index in [1.807, 2.05) is 6.92 Å². The van der Waals surface area contributed by atoms with Crippen molar-refractivity contribution in [2.75, 3.05) is 13.1 Å². The quantitative estimate of drug-likeness (QED) is 0.601. The third-order valence-corrected chi connectivity index (χ3v) is 1.64. The van der Waals surface area contributed by atoms with Gasteiger partial charge in [-0.05, 0) is 6.54 Å². The lowest BCUT2D eigenvalue weighted by molar-refractivity contribution is 0.545. The van der Waals surface area contributed by atoms with E-state index in [1.165, 1.54) is 15.6 Å². The molecule has 68 valence electrons. The molecule has 5 heteroatoms. The van der Waals surface area contributed by atoms with Gasteiger partial charge in [0.05, 0.1) is 6.54 Å². The number of nitrogens with one attached hydrogen (secondary N) is 1. The van der Waals surface area contributed by atoms with E-state index in [4.69, 9.17) is 0 Å². The van der Waals surface area contributed by atoms with E-state index < -0.39 is 0 Å². The predicted octanol–water partition coefficient (Wildman–Crippen LogP) is -0.809. The monoisotopic (exact) mass is 170 g/mol. The molecule has 12 heavy (non-hydrogen) atoms. The van der Waals surface area contributed by atoms with E-state index in [2.05, 4.69) is 10.4 Å². The van der Waals surface area contributed by atoms with E-state index in [0.29, 0.717) is 6.54 Å². The Bertz CT molecular complexity index is 288. The average molecular weight is 170 g/mol. The van der Waals surface area contributed by atoms with Crippen LogP contribution in [0.1, 0.15) is 6.92 Å². The second kappa shape index (κ2) is 4.06. The molecule has 0 saturated heterocycles. The molecule has 1 aromatic rings. The van der Waals surface area contributed by atoms with Crippen molar-refractivity contribution >= 4 is 0 Å². The van der Waals surface area contributed by atoms with Crippen molar-refractivity contribution in [2.45, 2.75) is 13.5 Å². The summed E-state index contributed by atoms with van der Waals surface area (Å²) in [5.74, 6) is 0. The third kappa shape index (κ3) is 1.94. The standard InChI is InChI=1S/C7H14N4O/c1-3-8-4-5-11-7(12)10(2)6-9-11/h6,8H,3-5H2,1-2H3. The van der Waals surface area contributed by atoms with Gasteiger partial charge in [-0.3, -0.25) is 4.57 Å². The zero-order valence-corrected chi connectivity index (χ0v) is 7.45. The Hall–Kier alpha value is -1.10. The summed E-state index contributed by atoms with van der Waals surface area (Å²) < 4.78 is 2.91. The summed E-state index contributed by atoms with van der Waals surface area (Å²) in [6.45, 7) is 4.36. The van der Waals surface area contributed by atoms with Gasteiger partial charge in [0.25, 0.3) is 0 Å². The van der Waals surface area contributed by atoms with Gasteiger partial charge in [-0.2, -0.15) is 5.10 Å². The number of likely N-dealkylation sites (N-methyl/N-ethyl adjacent to an activating group) is 1. The van der Waals surface area contributed by atoms with Crippen molar-refractivity contribution in [3.05, 3.63) is 16.8 Å². The van der Waals surface area contributed by atoms with Crippen molar-refractivity contribution in [3.8, 4) is 0 Å². The molecule has 0 saturated carbocycles. The van der Waals surface area contributed by atoms with Crippen LogP contribution in [0.4, 0.5) is 0 Å². The largest absolute Gasteiger partial charge is 0.345 e. The first kappa shape index (κ1) is 8.99. The van der Waals surface area contributed by atoms with Gasteiger partial charge in [0, 0.05) is 13.6 Å². The average Bonchev–Trinajstić information content (AvgIpc) is 2.36. The van der Waals surface area contributed by atoms with E-state index in [0.717, 1.165) is 13.1 Å². The molecule has 0 aliphatic carbocycles. The zero-order chi connectivity index (χ0) is 8.97. The van der Waals surface area contributed by atoms with Crippen LogP contribution in [0, 0.1) is 0 Å². The molecule has 0 spiro atoms. The second-order valence-corrected chi connectivity index (χ2v) is 2.60. The Morgan fingerprint density at radius 2 is 2.42 bits per heavy atom. The molecule has 1 rings (SSSR count). The van der Waals surface area contributed by atoms with Crippen LogP contribution in [0.25, 0.3) is 0 Å². The number of nitrogens with zero attached hydrogens (tertiary/aromatic N) is 3. The zero-order valence-electron chi connectivity index (χ0n) is 7.45. The molecule has 1 N–H and O–H groups in total. The van der Waals surface area contributed by atoms with Gasteiger partial charge in [0.15, 0.2) is 0 Å². The molecule has 0 aromatic carbocycles. The molecule has 0 fully saturated rings. The fourth-order valence-corrected chi connectivity index (χ4v) is 0.936. The molecule has 0 bridgehead atoms. The first-order chi connectivity index (χ1) is 5.75. The first-order valence-corrected chi connectivity index (χ1v) is 4.05. The van der Waals surface area contributed by atoms with Crippen LogP contribution >= 0.6 is 0 Å². The minimum Gasteiger partial charge on any atom is -0.315 e. The van der Waals surface area contributed by atoms with Gasteiger partial charge in [-0.15, -0.1) is 0 Å². The summed E-state index contributed by atoms with van der Waals surface area (Å²) in [5, 5.41) is 7.04. The Morgan fingerprint density at radius 3 is 2.92 bits per heavy atom. The molecule has 0 unspecified atom stereocenters. The van der Waals surface area contributed by atoms with Crippen LogP contribution in [-0.4, -0.2) is 27.4 Å². The minimum atomic E-state index is -0.0621. The van der Waals surface area contributed by atoms with Crippen molar-refractivity contribution in [1.29, 1.82) is 0 Å². The highest BCUT2D eigenvalue weighted by Crippen LogP contribution is 1.74. The Balaban J connectivity index is 2.52. The lowest BCUT2D eigenvalue weighted by atomic mass is 10.6. The Kier molecular flexibility index (Phi) is 3.04. The predicted molar refractivity (Wildman–Crippen MR) is 46.0 cm³/mol. The number of hydrogen-bond acceptors (Lipinski definition) is 3. The van der Waals surface area contributed by atoms with Gasteiger partial charge in [0.2, 0.25) is 0 Å². The van der Waals surface area contributed by atoms with E-state index >= 15 is 0 Å². The van der Waals surface area contributed by atoms with Gasteiger partial charge >= 0.3 is 5.69 Å². The van der Waals surface area contributed by atoms with Crippen LogP contribution in [-0.2, 0) is 13.6 Å². The summed E-state index contributed by atoms with van der Waals surface area (Å²) in [6, 6.07) is 0. The van der Waals surface area contributed by atoms with Crippen LogP contribution in [0.15, 0.2) is 11.1 Å². The number of hydrogen-bond donors (Lipinski definition) is 1. The summed E-state index contributed by atoms with van der Waals surface area (Å²) in [5.41, 5.74) is -0.0621. The fraction of sp³-hybridized carbons (Fsp3) is 0.714. The summed E-state index contributed by atoms with van der Waals surface area (Å²) in [6.07, 6.45) is 1.52. The molecule has 0 amide bonds. The van der Waals surface area contributed by atoms with E-state index in [1.54, 1.807) is 7.05 Å². The molecule has 1 aromatic heterocycles. The van der Waals surface area contributed by atoms with Crippen molar-refractivity contribution < 1.29 is 0 Å². The molecular weight excluding hydrogens is 156 g/mol. The molecular formula is C7H14N4O. The normalized spacial score (nSPS) is 10.5. The third-order valence-electron chi connectivity index (χ3n) is 1.64. The second-order valence-electron chi connectivity index (χ2n) is 2.60. The lowest BCUT2D eigenvalue weighted by Crippen LogP contribution is -2.28. The topological polar surface area (TPSA) is 51.9 Å². The summed E-state index contributed by atoms with van der Waals surface area (Å²) >= 11 is 0. The molecule has 0 radical (unpaired) electrons. The van der Waals surface area contributed by atoms with Crippen LogP contribution < -0.4 is 11.0 Å². The van der Waals surface area contributed by atoms with Gasteiger partial charge < -0.3 is 5.32 Å². The smallest absolute Gasteiger partial charge is 0.315 e. The van der Waals surface area contributed by atoms with Crippen molar-refractivity contribution in [2.24, 2.45) is 7.05 Å². The summed E-state index contributed by atoms with van der Waals surface area (Å²) in [7, 11) is 1.69. The first-order valence-electron chi connectivity index (χ1n) is 4.05. The Morgan fingerprint density at radius 1 is 1.67 bits per heavy atom. The molecule has 5 nitrogen and oxygen atoms in total. The molecule has 0 aliphatic heterocycles. The maximum atomic E-state index is 11.2. The fourth-order valence-electron chi connectivity index (χ4n) is 0.936. The SMILES string of the molecule is CCNCCn1ncn(C)c1=O. The highest BCUT2D eigenvalue weighted by molar-refractivity contribution is 4.65. The van der Waals surface area contributed by atoms with Crippen molar-refractivity contribution in [3.63, 3.8) is 0 Å². The molecule has 0 aliphatic rings. The molecule has 1 heterocycles. The van der Waals surface area contributed by atoms with Gasteiger partial charge in [-0.1, -0.05) is 6.92 Å². The summed E-state index contributed by atoms with van der Waals surface area (Å²) in [4.78, 5) is 11.2. The van der Waals surface area contributed by atoms with Crippen LogP contribution in [0.2, 0.25) is 0 Å². The number of rotatable bonds is 4. The molecule has 0 atom stereocenters. The number of aryl methyl sites for hydroxylation is 1. The number of aromatic nitrogens is 3. The van der Waals surface area contributed by atoms with E-state index in [9.17, 15) is 4.79 Å². The van der Waals surface area contributed by atoms with Gasteiger partial charge in [0.1, 0.15) is 6.33 Å². The highest BCUT2D eigenvalue weighted by Gasteiger charge is 1.98. The highest BCUT2D eigenvalue weighted by atomic mass is 16.2. The van der Waals surface area contributed by atoms with Crippen LogP contribution in [0.5, 0.6) is 0 Å². The van der Waals surface area contributed by atoms with Crippen LogP contribution in [0.3, 0.4) is 0 Å². The Labute approximate surface area is 71.0 Å².